The van der Waals surface area contributed by atoms with Gasteiger partial charge < -0.3 is 21.1 Å². The minimum atomic E-state index is -1.47. The van der Waals surface area contributed by atoms with E-state index in [-0.39, 0.29) is 17.6 Å². The number of aromatic nitrogens is 2. The molecule has 0 unspecified atom stereocenters. The zero-order chi connectivity index (χ0) is 24.4. The molecule has 9 nitrogen and oxygen atoms in total. The minimum absolute atomic E-state index is 0.0465. The Morgan fingerprint density at radius 2 is 2.03 bits per heavy atom. The van der Waals surface area contributed by atoms with Crippen molar-refractivity contribution in [3.63, 3.8) is 0 Å². The van der Waals surface area contributed by atoms with Crippen molar-refractivity contribution in [2.24, 2.45) is 0 Å². The summed E-state index contributed by atoms with van der Waals surface area (Å²) in [5.74, 6) is 0.500. The van der Waals surface area contributed by atoms with Crippen LogP contribution in [0.25, 0.3) is 10.9 Å². The minimum Gasteiger partial charge on any atom is -0.380 e. The van der Waals surface area contributed by atoms with Crippen molar-refractivity contribution in [2.75, 3.05) is 16.4 Å². The van der Waals surface area contributed by atoms with E-state index in [1.165, 1.54) is 11.8 Å². The van der Waals surface area contributed by atoms with Crippen molar-refractivity contribution in [1.82, 2.24) is 15.3 Å². The van der Waals surface area contributed by atoms with Crippen LogP contribution in [-0.4, -0.2) is 44.3 Å². The average molecular weight is 489 g/mol. The second-order valence-corrected chi connectivity index (χ2v) is 9.83. The molecule has 5 rings (SSSR count). The first-order valence-electron chi connectivity index (χ1n) is 11.4. The number of carbonyl (C=O) groups excluding carboxylic acids is 2. The molecule has 0 radical (unpaired) electrons. The number of anilines is 2. The summed E-state index contributed by atoms with van der Waals surface area (Å²) in [7, 11) is 0. The van der Waals surface area contributed by atoms with Gasteiger partial charge in [0.2, 0.25) is 5.91 Å². The molecular formula is C25H24N6O3S. The molecule has 10 heteroatoms. The van der Waals surface area contributed by atoms with Gasteiger partial charge in [-0.25, -0.2) is 9.97 Å². The number of para-hydroxylation sites is 1. The van der Waals surface area contributed by atoms with Crippen LogP contribution >= 0.6 is 11.8 Å². The van der Waals surface area contributed by atoms with Crippen LogP contribution in [0.15, 0.2) is 47.4 Å². The first-order valence-corrected chi connectivity index (χ1v) is 12.4. The molecule has 3 aromatic rings. The molecule has 2 amide bonds. The molecule has 2 aromatic heterocycles. The lowest BCUT2D eigenvalue weighted by Gasteiger charge is -2.35. The zero-order valence-corrected chi connectivity index (χ0v) is 19.7. The summed E-state index contributed by atoms with van der Waals surface area (Å²) in [6, 6.07) is 14.9. The Hall–Kier alpha value is -3.52. The molecule has 0 saturated heterocycles. The molecule has 0 bridgehead atoms. The Morgan fingerprint density at radius 3 is 2.83 bits per heavy atom. The van der Waals surface area contributed by atoms with Crippen LogP contribution in [-0.2, 0) is 16.1 Å². The lowest BCUT2D eigenvalue weighted by molar-refractivity contribution is -0.137. The monoisotopic (exact) mass is 488 g/mol. The zero-order valence-electron chi connectivity index (χ0n) is 18.9. The number of nitrogens with one attached hydrogen (secondary N) is 3. The average Bonchev–Trinajstić information content (AvgIpc) is 2.88. The smallest absolute Gasteiger partial charge is 0.256 e. The van der Waals surface area contributed by atoms with Gasteiger partial charge in [-0.1, -0.05) is 12.1 Å². The highest BCUT2D eigenvalue weighted by Gasteiger charge is 2.40. The van der Waals surface area contributed by atoms with Crippen molar-refractivity contribution >= 4 is 46.0 Å². The van der Waals surface area contributed by atoms with Crippen LogP contribution < -0.4 is 16.0 Å². The Balaban J connectivity index is 1.19. The third kappa shape index (κ3) is 4.98. The lowest BCUT2D eigenvalue weighted by atomic mass is 9.81. The fraction of sp³-hybridized carbons (Fsp3) is 0.320. The summed E-state index contributed by atoms with van der Waals surface area (Å²) in [5.41, 5.74) is 0.607. The summed E-state index contributed by atoms with van der Waals surface area (Å²) < 4.78 is 0. The molecular weight excluding hydrogens is 464 g/mol. The third-order valence-electron chi connectivity index (χ3n) is 6.42. The van der Waals surface area contributed by atoms with Gasteiger partial charge in [0.25, 0.3) is 5.91 Å². The van der Waals surface area contributed by atoms with Gasteiger partial charge in [0.1, 0.15) is 23.2 Å². The van der Waals surface area contributed by atoms with Gasteiger partial charge in [0, 0.05) is 18.0 Å². The Labute approximate surface area is 206 Å². The number of carbonyl (C=O) groups is 2. The summed E-state index contributed by atoms with van der Waals surface area (Å²) in [5, 5.41) is 30.1. The molecule has 1 saturated carbocycles. The highest BCUT2D eigenvalue weighted by atomic mass is 32.2. The highest BCUT2D eigenvalue weighted by Crippen LogP contribution is 2.32. The number of aliphatic hydroxyl groups is 1. The molecule has 3 heterocycles. The largest absolute Gasteiger partial charge is 0.380 e. The van der Waals surface area contributed by atoms with Gasteiger partial charge in [-0.05, 0) is 56.0 Å². The Bertz CT molecular complexity index is 1350. The molecule has 0 spiro atoms. The number of pyridine rings is 2. The maximum atomic E-state index is 13.0. The Morgan fingerprint density at radius 1 is 1.20 bits per heavy atom. The van der Waals surface area contributed by atoms with Crippen molar-refractivity contribution in [3.05, 3.63) is 53.9 Å². The lowest BCUT2D eigenvalue weighted by Crippen LogP contribution is -2.48. The van der Waals surface area contributed by atoms with Crippen LogP contribution in [0.5, 0.6) is 0 Å². The second kappa shape index (κ2) is 9.62. The van der Waals surface area contributed by atoms with Gasteiger partial charge in [-0.3, -0.25) is 9.59 Å². The number of fused-ring (bicyclic) bond motifs is 2. The SMILES string of the molecule is N#Cc1ccc2cccc(NC(=O)[C@]3(O)CC[C@@H](NCc4ccc5c(n4)NC(=O)CS5)CC3)c2n1. The summed E-state index contributed by atoms with van der Waals surface area (Å²) in [4.78, 5) is 34.4. The molecule has 178 valence electrons. The van der Waals surface area contributed by atoms with Crippen LogP contribution in [0.4, 0.5) is 11.5 Å². The van der Waals surface area contributed by atoms with Crippen LogP contribution in [0.1, 0.15) is 37.1 Å². The molecule has 1 aliphatic heterocycles. The standard InChI is InChI=1S/C25H24N6O3S/c26-12-17-5-4-15-2-1-3-19(22(15)28-17)30-24(33)25(34)10-8-16(9-11-25)27-13-18-6-7-20-23(29-18)31-21(32)14-35-20/h1-7,16,27,34H,8-11,13-14H2,(H,30,33)(H,29,31,32)/t16-,25+. The van der Waals surface area contributed by atoms with E-state index in [0.29, 0.717) is 55.0 Å². The Kier molecular flexibility index (Phi) is 6.38. The fourth-order valence-corrected chi connectivity index (χ4v) is 5.18. The molecule has 2 aliphatic rings. The van der Waals surface area contributed by atoms with Crippen LogP contribution in [0, 0.1) is 11.3 Å². The van der Waals surface area contributed by atoms with E-state index in [0.717, 1.165) is 16.0 Å². The quantitative estimate of drug-likeness (QED) is 0.430. The van der Waals surface area contributed by atoms with E-state index in [2.05, 4.69) is 25.9 Å². The van der Waals surface area contributed by atoms with Crippen molar-refractivity contribution in [2.45, 2.75) is 48.8 Å². The van der Waals surface area contributed by atoms with E-state index in [9.17, 15) is 14.7 Å². The van der Waals surface area contributed by atoms with Crippen molar-refractivity contribution < 1.29 is 14.7 Å². The maximum absolute atomic E-state index is 13.0. The number of hydrogen-bond acceptors (Lipinski definition) is 8. The van der Waals surface area contributed by atoms with Gasteiger partial charge in [0.05, 0.1) is 27.5 Å². The summed E-state index contributed by atoms with van der Waals surface area (Å²) in [6.07, 6.45) is 1.91. The van der Waals surface area contributed by atoms with Gasteiger partial charge in [-0.15, -0.1) is 11.8 Å². The third-order valence-corrected chi connectivity index (χ3v) is 7.47. The van der Waals surface area contributed by atoms with Gasteiger partial charge >= 0.3 is 0 Å². The van der Waals surface area contributed by atoms with E-state index in [1.54, 1.807) is 24.3 Å². The number of nitriles is 1. The summed E-state index contributed by atoms with van der Waals surface area (Å²) in [6.45, 7) is 0.534. The highest BCUT2D eigenvalue weighted by molar-refractivity contribution is 8.00. The molecule has 1 aromatic carbocycles. The second-order valence-electron chi connectivity index (χ2n) is 8.81. The van der Waals surface area contributed by atoms with E-state index >= 15 is 0 Å². The molecule has 1 fully saturated rings. The van der Waals surface area contributed by atoms with Gasteiger partial charge in [-0.2, -0.15) is 5.26 Å². The predicted molar refractivity (Wildman–Crippen MR) is 133 cm³/mol. The first kappa shape index (κ1) is 23.2. The molecule has 1 aliphatic carbocycles. The number of thioether (sulfide) groups is 1. The number of nitrogens with zero attached hydrogens (tertiary/aromatic N) is 3. The van der Waals surface area contributed by atoms with Gasteiger partial charge in [0.15, 0.2) is 0 Å². The normalized spacial score (nSPS) is 21.6. The van der Waals surface area contributed by atoms with Crippen molar-refractivity contribution in [1.29, 1.82) is 5.26 Å². The predicted octanol–water partition coefficient (Wildman–Crippen LogP) is 2.95. The topological polar surface area (TPSA) is 140 Å². The van der Waals surface area contributed by atoms with E-state index in [4.69, 9.17) is 5.26 Å². The number of rotatable bonds is 5. The molecule has 4 N–H and O–H groups in total. The van der Waals surface area contributed by atoms with Crippen LogP contribution in [0.3, 0.4) is 0 Å². The molecule has 0 atom stereocenters. The van der Waals surface area contributed by atoms with E-state index in [1.807, 2.05) is 24.3 Å². The molecule has 35 heavy (non-hydrogen) atoms. The maximum Gasteiger partial charge on any atom is 0.256 e. The first-order chi connectivity index (χ1) is 16.9. The number of amides is 2. The van der Waals surface area contributed by atoms with E-state index < -0.39 is 11.5 Å². The summed E-state index contributed by atoms with van der Waals surface area (Å²) >= 11 is 1.48. The van der Waals surface area contributed by atoms with Crippen LogP contribution in [0.2, 0.25) is 0 Å². The van der Waals surface area contributed by atoms with Crippen molar-refractivity contribution in [3.8, 4) is 6.07 Å². The number of benzene rings is 1. The number of hydrogen-bond donors (Lipinski definition) is 4. The fourth-order valence-electron chi connectivity index (χ4n) is 4.43.